The molecule has 2 rings (SSSR count). The van der Waals surface area contributed by atoms with Crippen LogP contribution in [0.25, 0.3) is 0 Å². The quantitative estimate of drug-likeness (QED) is 0.362. The Balaban J connectivity index is 1.80. The maximum Gasteiger partial charge on any atom is 0.278 e. The number of nitro groups is 1. The standard InChI is InChI=1S/C13H17N3O4S/c17-16(18)13-4-2-1-3-11(13)9-14-6-7-15-12-5-8-21(19,20)10-12/h1-4,9,12,15H,5-8,10H2. The van der Waals surface area contributed by atoms with Gasteiger partial charge in [0.15, 0.2) is 9.84 Å². The summed E-state index contributed by atoms with van der Waals surface area (Å²) < 4.78 is 22.6. The van der Waals surface area contributed by atoms with Gasteiger partial charge in [-0.15, -0.1) is 0 Å². The molecule has 1 unspecified atom stereocenters. The number of rotatable bonds is 6. The van der Waals surface area contributed by atoms with Crippen LogP contribution in [0.5, 0.6) is 0 Å². The summed E-state index contributed by atoms with van der Waals surface area (Å²) >= 11 is 0. The molecule has 7 nitrogen and oxygen atoms in total. The Bertz CT molecular complexity index is 643. The summed E-state index contributed by atoms with van der Waals surface area (Å²) in [7, 11) is -2.87. The van der Waals surface area contributed by atoms with Gasteiger partial charge in [-0.25, -0.2) is 8.42 Å². The fourth-order valence-electron chi connectivity index (χ4n) is 2.22. The second-order valence-electron chi connectivity index (χ2n) is 4.91. The second kappa shape index (κ2) is 6.77. The van der Waals surface area contributed by atoms with Gasteiger partial charge in [-0.1, -0.05) is 12.1 Å². The molecule has 0 radical (unpaired) electrons. The van der Waals surface area contributed by atoms with Crippen LogP contribution in [-0.4, -0.2) is 50.2 Å². The number of hydrogen-bond acceptors (Lipinski definition) is 6. The van der Waals surface area contributed by atoms with E-state index in [0.717, 1.165) is 0 Å². The van der Waals surface area contributed by atoms with Gasteiger partial charge in [0, 0.05) is 24.9 Å². The first-order chi connectivity index (χ1) is 9.98. The third-order valence-electron chi connectivity index (χ3n) is 3.27. The van der Waals surface area contributed by atoms with E-state index in [1.165, 1.54) is 12.3 Å². The van der Waals surface area contributed by atoms with E-state index < -0.39 is 14.8 Å². The van der Waals surface area contributed by atoms with Crippen LogP contribution < -0.4 is 5.32 Å². The highest BCUT2D eigenvalue weighted by atomic mass is 32.2. The van der Waals surface area contributed by atoms with Gasteiger partial charge in [-0.2, -0.15) is 0 Å². The van der Waals surface area contributed by atoms with Gasteiger partial charge >= 0.3 is 0 Å². The van der Waals surface area contributed by atoms with Crippen LogP contribution in [0.3, 0.4) is 0 Å². The first kappa shape index (κ1) is 15.6. The molecule has 1 aromatic carbocycles. The average molecular weight is 311 g/mol. The molecular weight excluding hydrogens is 294 g/mol. The summed E-state index contributed by atoms with van der Waals surface area (Å²) in [4.78, 5) is 14.5. The number of para-hydroxylation sites is 1. The lowest BCUT2D eigenvalue weighted by Gasteiger charge is -2.08. The number of nitrogens with zero attached hydrogens (tertiary/aromatic N) is 2. The molecular formula is C13H17N3O4S. The molecule has 21 heavy (non-hydrogen) atoms. The first-order valence-corrected chi connectivity index (χ1v) is 8.47. The highest BCUT2D eigenvalue weighted by Crippen LogP contribution is 2.15. The highest BCUT2D eigenvalue weighted by Gasteiger charge is 2.26. The fraction of sp³-hybridized carbons (Fsp3) is 0.462. The van der Waals surface area contributed by atoms with Gasteiger partial charge in [0.2, 0.25) is 0 Å². The second-order valence-corrected chi connectivity index (χ2v) is 7.13. The number of nitrogens with one attached hydrogen (secondary N) is 1. The van der Waals surface area contributed by atoms with Crippen LogP contribution in [0.2, 0.25) is 0 Å². The van der Waals surface area contributed by atoms with Crippen molar-refractivity contribution in [3.05, 3.63) is 39.9 Å². The van der Waals surface area contributed by atoms with Crippen molar-refractivity contribution in [1.29, 1.82) is 0 Å². The summed E-state index contributed by atoms with van der Waals surface area (Å²) in [6, 6.07) is 6.39. The van der Waals surface area contributed by atoms with Crippen molar-refractivity contribution in [3.8, 4) is 0 Å². The predicted molar refractivity (Wildman–Crippen MR) is 80.6 cm³/mol. The van der Waals surface area contributed by atoms with Crippen molar-refractivity contribution in [2.75, 3.05) is 24.6 Å². The molecule has 0 spiro atoms. The van der Waals surface area contributed by atoms with Gasteiger partial charge in [0.05, 0.1) is 28.5 Å². The van der Waals surface area contributed by atoms with E-state index in [9.17, 15) is 18.5 Å². The Hall–Kier alpha value is -1.80. The first-order valence-electron chi connectivity index (χ1n) is 6.65. The van der Waals surface area contributed by atoms with E-state index in [2.05, 4.69) is 10.3 Å². The maximum atomic E-state index is 11.3. The third kappa shape index (κ3) is 4.61. The lowest BCUT2D eigenvalue weighted by atomic mass is 10.2. The molecule has 1 saturated heterocycles. The van der Waals surface area contributed by atoms with Crippen LogP contribution >= 0.6 is 0 Å². The largest absolute Gasteiger partial charge is 0.311 e. The molecule has 114 valence electrons. The molecule has 8 heteroatoms. The minimum atomic E-state index is -2.87. The van der Waals surface area contributed by atoms with Crippen molar-refractivity contribution >= 4 is 21.7 Å². The molecule has 1 N–H and O–H groups in total. The number of benzene rings is 1. The maximum absolute atomic E-state index is 11.3. The topological polar surface area (TPSA) is 102 Å². The smallest absolute Gasteiger partial charge is 0.278 e. The normalized spacial score (nSPS) is 20.9. The predicted octanol–water partition coefficient (Wildman–Crippen LogP) is 0.790. The molecule has 1 aliphatic heterocycles. The molecule has 0 bridgehead atoms. The van der Waals surface area contributed by atoms with Gasteiger partial charge in [-0.3, -0.25) is 15.1 Å². The van der Waals surface area contributed by atoms with Crippen molar-refractivity contribution in [3.63, 3.8) is 0 Å². The molecule has 0 aliphatic carbocycles. The number of hydrogen-bond donors (Lipinski definition) is 1. The Morgan fingerprint density at radius 3 is 2.86 bits per heavy atom. The Morgan fingerprint density at radius 1 is 1.43 bits per heavy atom. The molecule has 1 fully saturated rings. The van der Waals surface area contributed by atoms with Gasteiger partial charge in [0.1, 0.15) is 0 Å². The summed E-state index contributed by atoms with van der Waals surface area (Å²) in [5.41, 5.74) is 0.488. The summed E-state index contributed by atoms with van der Waals surface area (Å²) in [5.74, 6) is 0.422. The van der Waals surface area contributed by atoms with E-state index in [0.29, 0.717) is 25.1 Å². The minimum absolute atomic E-state index is 0.00346. The van der Waals surface area contributed by atoms with E-state index in [1.54, 1.807) is 18.2 Å². The molecule has 0 amide bonds. The fourth-order valence-corrected chi connectivity index (χ4v) is 3.92. The monoisotopic (exact) mass is 311 g/mol. The van der Waals surface area contributed by atoms with Crippen molar-refractivity contribution in [2.45, 2.75) is 12.5 Å². The third-order valence-corrected chi connectivity index (χ3v) is 5.04. The minimum Gasteiger partial charge on any atom is -0.311 e. The summed E-state index contributed by atoms with van der Waals surface area (Å²) in [6.45, 7) is 1.000. The summed E-state index contributed by atoms with van der Waals surface area (Å²) in [6.07, 6.45) is 2.11. The zero-order chi connectivity index (χ0) is 15.3. The van der Waals surface area contributed by atoms with Gasteiger partial charge < -0.3 is 5.32 Å². The van der Waals surface area contributed by atoms with Crippen LogP contribution in [0.4, 0.5) is 5.69 Å². The molecule has 0 saturated carbocycles. The van der Waals surface area contributed by atoms with Crippen LogP contribution in [-0.2, 0) is 9.84 Å². The van der Waals surface area contributed by atoms with E-state index in [1.807, 2.05) is 0 Å². The van der Waals surface area contributed by atoms with Crippen LogP contribution in [0.1, 0.15) is 12.0 Å². The van der Waals surface area contributed by atoms with Crippen molar-refractivity contribution < 1.29 is 13.3 Å². The van der Waals surface area contributed by atoms with Crippen LogP contribution in [0, 0.1) is 10.1 Å². The Morgan fingerprint density at radius 2 is 2.19 bits per heavy atom. The number of sulfone groups is 1. The zero-order valence-electron chi connectivity index (χ0n) is 11.4. The van der Waals surface area contributed by atoms with E-state index in [4.69, 9.17) is 0 Å². The Kier molecular flexibility index (Phi) is 5.03. The van der Waals surface area contributed by atoms with Crippen molar-refractivity contribution in [2.24, 2.45) is 4.99 Å². The molecule has 1 heterocycles. The molecule has 1 aliphatic rings. The average Bonchev–Trinajstić information content (AvgIpc) is 2.78. The molecule has 1 aromatic rings. The van der Waals surface area contributed by atoms with Gasteiger partial charge in [0.25, 0.3) is 5.69 Å². The lowest BCUT2D eigenvalue weighted by Crippen LogP contribution is -2.32. The molecule has 1 atom stereocenters. The van der Waals surface area contributed by atoms with E-state index >= 15 is 0 Å². The number of aliphatic imine (C=N–C) groups is 1. The highest BCUT2D eigenvalue weighted by molar-refractivity contribution is 7.91. The number of nitro benzene ring substituents is 1. The summed E-state index contributed by atoms with van der Waals surface area (Å²) in [5, 5.41) is 14.0. The SMILES string of the molecule is O=[N+]([O-])c1ccccc1C=NCCNC1CCS(=O)(=O)C1. The molecule has 0 aromatic heterocycles. The van der Waals surface area contributed by atoms with E-state index in [-0.39, 0.29) is 23.2 Å². The Labute approximate surface area is 123 Å². The van der Waals surface area contributed by atoms with Gasteiger partial charge in [-0.05, 0) is 12.5 Å². The zero-order valence-corrected chi connectivity index (χ0v) is 12.3. The van der Waals surface area contributed by atoms with Crippen molar-refractivity contribution in [1.82, 2.24) is 5.32 Å². The van der Waals surface area contributed by atoms with Crippen LogP contribution in [0.15, 0.2) is 29.3 Å². The lowest BCUT2D eigenvalue weighted by molar-refractivity contribution is -0.385.